The second-order valence-corrected chi connectivity index (χ2v) is 8.18. The molecule has 2 aromatic heterocycles. The van der Waals surface area contributed by atoms with Crippen LogP contribution in [0.25, 0.3) is 22.2 Å². The van der Waals surface area contributed by atoms with Gasteiger partial charge in [-0.2, -0.15) is 18.3 Å². The number of rotatable bonds is 5. The standard InChI is InChI=1S/C25H21F3N4O3/c1-31-12-10-21(30-31)19-8-9-22(24-20(19)3-2-11-29-24)35-14-18-13-32(23(33)15-34-18)17-6-4-16(5-7-17)25(26,27)28/h2-12,18H,13-15H2,1H3/t18-/m0/s1. The molecule has 35 heavy (non-hydrogen) atoms. The maximum Gasteiger partial charge on any atom is 0.416 e. The predicted octanol–water partition coefficient (Wildman–Crippen LogP) is 4.46. The largest absolute Gasteiger partial charge is 0.489 e. The molecule has 180 valence electrons. The first-order valence-electron chi connectivity index (χ1n) is 10.9. The molecule has 7 nitrogen and oxygen atoms in total. The van der Waals surface area contributed by atoms with Crippen molar-refractivity contribution in [1.82, 2.24) is 14.8 Å². The van der Waals surface area contributed by atoms with E-state index in [4.69, 9.17) is 9.47 Å². The average molecular weight is 482 g/mol. The lowest BCUT2D eigenvalue weighted by Crippen LogP contribution is -2.48. The number of morpholine rings is 1. The van der Waals surface area contributed by atoms with Crippen molar-refractivity contribution < 1.29 is 27.4 Å². The number of aromatic nitrogens is 3. The third-order valence-corrected chi connectivity index (χ3v) is 5.78. The molecule has 0 spiro atoms. The summed E-state index contributed by atoms with van der Waals surface area (Å²) in [4.78, 5) is 18.3. The van der Waals surface area contributed by atoms with Crippen LogP contribution in [-0.2, 0) is 22.8 Å². The number of pyridine rings is 1. The number of carbonyl (C=O) groups excluding carboxylic acids is 1. The Morgan fingerprint density at radius 2 is 1.91 bits per heavy atom. The molecule has 5 rings (SSSR count). The first-order valence-corrected chi connectivity index (χ1v) is 10.9. The highest BCUT2D eigenvalue weighted by Crippen LogP contribution is 2.33. The maximum atomic E-state index is 12.9. The fourth-order valence-electron chi connectivity index (χ4n) is 4.03. The van der Waals surface area contributed by atoms with Gasteiger partial charge in [0.1, 0.15) is 30.6 Å². The molecule has 0 aliphatic carbocycles. The number of fused-ring (bicyclic) bond motifs is 1. The third kappa shape index (κ3) is 4.69. The minimum Gasteiger partial charge on any atom is -0.489 e. The normalized spacial score (nSPS) is 16.6. The van der Waals surface area contributed by atoms with Crippen LogP contribution in [0, 0.1) is 0 Å². The molecule has 1 saturated heterocycles. The van der Waals surface area contributed by atoms with Crippen LogP contribution in [0.1, 0.15) is 5.56 Å². The lowest BCUT2D eigenvalue weighted by atomic mass is 10.1. The molecule has 0 saturated carbocycles. The van der Waals surface area contributed by atoms with Crippen LogP contribution >= 0.6 is 0 Å². The number of anilines is 1. The van der Waals surface area contributed by atoms with E-state index in [1.54, 1.807) is 10.9 Å². The van der Waals surface area contributed by atoms with Gasteiger partial charge in [-0.15, -0.1) is 0 Å². The summed E-state index contributed by atoms with van der Waals surface area (Å²) in [7, 11) is 1.85. The summed E-state index contributed by atoms with van der Waals surface area (Å²) in [6.45, 7) is 0.104. The highest BCUT2D eigenvalue weighted by atomic mass is 19.4. The molecule has 0 N–H and O–H groups in total. The zero-order valence-corrected chi connectivity index (χ0v) is 18.7. The molecule has 0 unspecified atom stereocenters. The topological polar surface area (TPSA) is 69.5 Å². The smallest absolute Gasteiger partial charge is 0.416 e. The number of halogens is 3. The molecule has 1 fully saturated rings. The van der Waals surface area contributed by atoms with Gasteiger partial charge in [0.15, 0.2) is 0 Å². The van der Waals surface area contributed by atoms with Crippen LogP contribution in [0.5, 0.6) is 5.75 Å². The average Bonchev–Trinajstić information content (AvgIpc) is 3.29. The molecular formula is C25H21F3N4O3. The van der Waals surface area contributed by atoms with Crippen LogP contribution in [-0.4, -0.2) is 46.5 Å². The number of hydrogen-bond donors (Lipinski definition) is 0. The third-order valence-electron chi connectivity index (χ3n) is 5.78. The van der Waals surface area contributed by atoms with E-state index in [1.165, 1.54) is 17.0 Å². The Kier molecular flexibility index (Phi) is 5.89. The fraction of sp³-hybridized carbons (Fsp3) is 0.240. The van der Waals surface area contributed by atoms with Crippen LogP contribution in [0.3, 0.4) is 0 Å². The fourth-order valence-corrected chi connectivity index (χ4v) is 4.03. The van der Waals surface area contributed by atoms with Crippen molar-refractivity contribution in [1.29, 1.82) is 0 Å². The molecule has 0 bridgehead atoms. The van der Waals surface area contributed by atoms with Gasteiger partial charge in [-0.3, -0.25) is 14.5 Å². The molecule has 1 amide bonds. The highest BCUT2D eigenvalue weighted by molar-refractivity contribution is 5.97. The van der Waals surface area contributed by atoms with Crippen molar-refractivity contribution in [3.05, 3.63) is 72.6 Å². The van der Waals surface area contributed by atoms with E-state index in [0.29, 0.717) is 17.0 Å². The molecule has 10 heteroatoms. The molecule has 1 aliphatic heterocycles. The first kappa shape index (κ1) is 22.9. The van der Waals surface area contributed by atoms with Gasteiger partial charge in [0.25, 0.3) is 5.91 Å². The van der Waals surface area contributed by atoms with Gasteiger partial charge in [-0.05, 0) is 48.5 Å². The van der Waals surface area contributed by atoms with Crippen LogP contribution in [0.15, 0.2) is 67.0 Å². The molecule has 3 heterocycles. The number of ether oxygens (including phenoxy) is 2. The number of amides is 1. The van der Waals surface area contributed by atoms with Crippen LogP contribution in [0.2, 0.25) is 0 Å². The number of carbonyl (C=O) groups is 1. The van der Waals surface area contributed by atoms with E-state index in [2.05, 4.69) is 10.1 Å². The van der Waals surface area contributed by atoms with Crippen molar-refractivity contribution in [2.45, 2.75) is 12.3 Å². The van der Waals surface area contributed by atoms with Crippen LogP contribution < -0.4 is 9.64 Å². The maximum absolute atomic E-state index is 12.9. The van der Waals surface area contributed by atoms with Gasteiger partial charge >= 0.3 is 6.18 Å². The zero-order valence-electron chi connectivity index (χ0n) is 18.7. The molecule has 4 aromatic rings. The highest BCUT2D eigenvalue weighted by Gasteiger charge is 2.32. The Labute approximate surface area is 198 Å². The number of aryl methyl sites for hydroxylation is 1. The monoisotopic (exact) mass is 482 g/mol. The van der Waals surface area contributed by atoms with Crippen molar-refractivity contribution >= 4 is 22.5 Å². The summed E-state index contributed by atoms with van der Waals surface area (Å²) in [6.07, 6.45) is -1.36. The van der Waals surface area contributed by atoms with Gasteiger partial charge in [0.2, 0.25) is 0 Å². The van der Waals surface area contributed by atoms with Crippen molar-refractivity contribution in [3.63, 3.8) is 0 Å². The summed E-state index contributed by atoms with van der Waals surface area (Å²) >= 11 is 0. The van der Waals surface area contributed by atoms with E-state index in [1.807, 2.05) is 43.6 Å². The van der Waals surface area contributed by atoms with Crippen molar-refractivity contribution in [2.75, 3.05) is 24.7 Å². The van der Waals surface area contributed by atoms with Crippen LogP contribution in [0.4, 0.5) is 18.9 Å². The lowest BCUT2D eigenvalue weighted by molar-refractivity contribution is -0.137. The summed E-state index contributed by atoms with van der Waals surface area (Å²) < 4.78 is 52.0. The predicted molar refractivity (Wildman–Crippen MR) is 123 cm³/mol. The van der Waals surface area contributed by atoms with Crippen molar-refractivity contribution in [2.24, 2.45) is 7.05 Å². The Balaban J connectivity index is 1.32. The van der Waals surface area contributed by atoms with Gasteiger partial charge in [-0.25, -0.2) is 0 Å². The number of nitrogens with zero attached hydrogens (tertiary/aromatic N) is 4. The van der Waals surface area contributed by atoms with Crippen molar-refractivity contribution in [3.8, 4) is 17.0 Å². The lowest BCUT2D eigenvalue weighted by Gasteiger charge is -2.32. The van der Waals surface area contributed by atoms with Gasteiger partial charge in [-0.1, -0.05) is 6.07 Å². The second-order valence-electron chi connectivity index (χ2n) is 8.18. The number of hydrogen-bond acceptors (Lipinski definition) is 5. The summed E-state index contributed by atoms with van der Waals surface area (Å²) in [5, 5.41) is 5.36. The van der Waals surface area contributed by atoms with E-state index >= 15 is 0 Å². The minimum atomic E-state index is -4.44. The minimum absolute atomic E-state index is 0.138. The van der Waals surface area contributed by atoms with E-state index in [9.17, 15) is 18.0 Å². The SMILES string of the molecule is Cn1ccc(-c2ccc(OC[C@@H]3CN(c4ccc(C(F)(F)F)cc4)C(=O)CO3)c3ncccc23)n1. The molecule has 1 atom stereocenters. The second kappa shape index (κ2) is 9.03. The number of benzene rings is 2. The Morgan fingerprint density at radius 1 is 1.11 bits per heavy atom. The van der Waals surface area contributed by atoms with Gasteiger partial charge < -0.3 is 14.4 Å². The Hall–Kier alpha value is -3.92. The molecule has 1 aliphatic rings. The van der Waals surface area contributed by atoms with E-state index in [-0.39, 0.29) is 25.7 Å². The number of alkyl halides is 3. The van der Waals surface area contributed by atoms with E-state index in [0.717, 1.165) is 28.8 Å². The molecule has 0 radical (unpaired) electrons. The summed E-state index contributed by atoms with van der Waals surface area (Å²) in [5.74, 6) is 0.231. The Morgan fingerprint density at radius 3 is 2.63 bits per heavy atom. The first-order chi connectivity index (χ1) is 16.8. The van der Waals surface area contributed by atoms with Gasteiger partial charge in [0.05, 0.1) is 17.8 Å². The summed E-state index contributed by atoms with van der Waals surface area (Å²) in [5.41, 5.74) is 2.02. The van der Waals surface area contributed by atoms with E-state index < -0.39 is 17.8 Å². The summed E-state index contributed by atoms with van der Waals surface area (Å²) in [6, 6.07) is 14.0. The zero-order chi connectivity index (χ0) is 24.6. The van der Waals surface area contributed by atoms with Gasteiger partial charge in [0, 0.05) is 36.1 Å². The Bertz CT molecular complexity index is 1370. The molecule has 2 aromatic carbocycles. The quantitative estimate of drug-likeness (QED) is 0.420. The molecular weight excluding hydrogens is 461 g/mol.